The van der Waals surface area contributed by atoms with Crippen molar-refractivity contribution in [1.82, 2.24) is 4.72 Å². The number of sulfonamides is 1. The van der Waals surface area contributed by atoms with Crippen LogP contribution < -0.4 is 9.46 Å². The maximum atomic E-state index is 13.5. The first-order valence-electron chi connectivity index (χ1n) is 11.4. The van der Waals surface area contributed by atoms with Crippen molar-refractivity contribution in [3.05, 3.63) is 114 Å². The first-order chi connectivity index (χ1) is 16.8. The van der Waals surface area contributed by atoms with Gasteiger partial charge in [-0.1, -0.05) is 104 Å². The maximum Gasteiger partial charge on any atom is 0.364 e. The van der Waals surface area contributed by atoms with Crippen LogP contribution in [0.3, 0.4) is 0 Å². The molecule has 6 nitrogen and oxygen atoms in total. The van der Waals surface area contributed by atoms with Crippen molar-refractivity contribution in [3.63, 3.8) is 0 Å². The molecule has 180 valence electrons. The molecule has 0 aliphatic heterocycles. The highest BCUT2D eigenvalue weighted by atomic mass is 32.2. The van der Waals surface area contributed by atoms with E-state index in [1.165, 1.54) is 0 Å². The number of aliphatic carboxylic acids is 1. The SMILES string of the molecule is CCC(NS(=O)(=O)CC(c1ccccc1)c1ccccc1)(Oc1cccc2ccccc12)C(=O)O. The molecule has 0 saturated heterocycles. The molecule has 1 unspecified atom stereocenters. The van der Waals surface area contributed by atoms with Gasteiger partial charge >= 0.3 is 5.97 Å². The lowest BCUT2D eigenvalue weighted by Crippen LogP contribution is -2.59. The van der Waals surface area contributed by atoms with E-state index >= 15 is 0 Å². The van der Waals surface area contributed by atoms with Crippen LogP contribution in [-0.4, -0.2) is 31.0 Å². The van der Waals surface area contributed by atoms with Gasteiger partial charge < -0.3 is 9.84 Å². The summed E-state index contributed by atoms with van der Waals surface area (Å²) >= 11 is 0. The fourth-order valence-electron chi connectivity index (χ4n) is 4.14. The predicted octanol–water partition coefficient (Wildman–Crippen LogP) is 5.16. The number of carboxylic acid groups (broad SMARTS) is 1. The van der Waals surface area contributed by atoms with E-state index in [0.717, 1.165) is 16.5 Å². The van der Waals surface area contributed by atoms with E-state index in [9.17, 15) is 18.3 Å². The second-order valence-electron chi connectivity index (χ2n) is 8.32. The van der Waals surface area contributed by atoms with Gasteiger partial charge in [0.05, 0.1) is 5.75 Å². The summed E-state index contributed by atoms with van der Waals surface area (Å²) in [6.07, 6.45) is -0.119. The zero-order valence-electron chi connectivity index (χ0n) is 19.3. The molecule has 0 aliphatic rings. The van der Waals surface area contributed by atoms with E-state index in [4.69, 9.17) is 4.74 Å². The first kappa shape index (κ1) is 24.4. The minimum Gasteiger partial charge on any atom is -0.477 e. The number of rotatable bonds is 10. The average Bonchev–Trinajstić information content (AvgIpc) is 2.88. The molecule has 4 aromatic rings. The van der Waals surface area contributed by atoms with E-state index in [1.54, 1.807) is 19.1 Å². The van der Waals surface area contributed by atoms with E-state index in [-0.39, 0.29) is 17.9 Å². The van der Waals surface area contributed by atoms with E-state index in [1.807, 2.05) is 91.0 Å². The third kappa shape index (κ3) is 5.53. The number of nitrogens with one attached hydrogen (secondary N) is 1. The lowest BCUT2D eigenvalue weighted by molar-refractivity contribution is -0.156. The first-order valence-corrected chi connectivity index (χ1v) is 13.0. The number of fused-ring (bicyclic) bond motifs is 1. The summed E-state index contributed by atoms with van der Waals surface area (Å²) in [6, 6.07) is 31.2. The molecule has 35 heavy (non-hydrogen) atoms. The molecule has 0 bridgehead atoms. The van der Waals surface area contributed by atoms with Crippen LogP contribution in [-0.2, 0) is 14.8 Å². The van der Waals surface area contributed by atoms with Gasteiger partial charge in [-0.15, -0.1) is 0 Å². The Morgan fingerprint density at radius 1 is 0.857 bits per heavy atom. The van der Waals surface area contributed by atoms with Gasteiger partial charge in [0.25, 0.3) is 5.72 Å². The third-order valence-electron chi connectivity index (χ3n) is 5.99. The number of benzene rings is 4. The largest absolute Gasteiger partial charge is 0.477 e. The standard InChI is InChI=1S/C28H27NO5S/c1-2-28(27(30)31,34-26-19-11-17-21-16-9-10-18-24(21)26)29-35(32,33)20-25(22-12-5-3-6-13-22)23-14-7-4-8-15-23/h3-19,25,29H,2,20H2,1H3,(H,30,31). The van der Waals surface area contributed by atoms with Crippen LogP contribution in [0.4, 0.5) is 0 Å². The van der Waals surface area contributed by atoms with Crippen molar-refractivity contribution in [2.45, 2.75) is 25.0 Å². The van der Waals surface area contributed by atoms with Crippen LogP contribution in [0.5, 0.6) is 5.75 Å². The number of hydrogen-bond donors (Lipinski definition) is 2. The highest BCUT2D eigenvalue weighted by molar-refractivity contribution is 7.89. The molecule has 2 N–H and O–H groups in total. The molecule has 4 rings (SSSR count). The molecule has 0 aromatic heterocycles. The summed E-state index contributed by atoms with van der Waals surface area (Å²) in [5, 5.41) is 11.7. The quantitative estimate of drug-likeness (QED) is 0.300. The Labute approximate surface area is 205 Å². The minimum absolute atomic E-state index is 0.119. The second kappa shape index (κ2) is 10.3. The smallest absolute Gasteiger partial charge is 0.364 e. The summed E-state index contributed by atoms with van der Waals surface area (Å²) in [7, 11) is -4.12. The number of ether oxygens (including phenoxy) is 1. The molecule has 0 fully saturated rings. The van der Waals surface area contributed by atoms with E-state index < -0.39 is 27.6 Å². The Hall–Kier alpha value is -3.68. The highest BCUT2D eigenvalue weighted by Crippen LogP contribution is 2.31. The molecule has 4 aromatic carbocycles. The van der Waals surface area contributed by atoms with Gasteiger partial charge in [-0.3, -0.25) is 0 Å². The maximum absolute atomic E-state index is 13.5. The van der Waals surface area contributed by atoms with Gasteiger partial charge in [0.1, 0.15) is 5.75 Å². The predicted molar refractivity (Wildman–Crippen MR) is 137 cm³/mol. The Morgan fingerprint density at radius 2 is 1.40 bits per heavy atom. The van der Waals surface area contributed by atoms with Crippen LogP contribution in [0, 0.1) is 0 Å². The Kier molecular flexibility index (Phi) is 7.19. The molecule has 0 spiro atoms. The highest BCUT2D eigenvalue weighted by Gasteiger charge is 2.44. The van der Waals surface area contributed by atoms with Crippen LogP contribution in [0.25, 0.3) is 10.8 Å². The number of hydrogen-bond acceptors (Lipinski definition) is 4. The van der Waals surface area contributed by atoms with E-state index in [0.29, 0.717) is 5.39 Å². The average molecular weight is 490 g/mol. The molecule has 0 heterocycles. The van der Waals surface area contributed by atoms with Crippen LogP contribution in [0.1, 0.15) is 30.4 Å². The normalized spacial score (nSPS) is 13.4. The lowest BCUT2D eigenvalue weighted by Gasteiger charge is -2.31. The van der Waals surface area contributed by atoms with Crippen molar-refractivity contribution < 1.29 is 23.1 Å². The van der Waals surface area contributed by atoms with Crippen LogP contribution in [0.15, 0.2) is 103 Å². The van der Waals surface area contributed by atoms with Gasteiger partial charge in [-0.05, 0) is 22.6 Å². The van der Waals surface area contributed by atoms with Gasteiger partial charge in [-0.25, -0.2) is 13.2 Å². The zero-order valence-corrected chi connectivity index (χ0v) is 20.1. The Balaban J connectivity index is 1.69. The molecular formula is C28H27NO5S. The fraction of sp³-hybridized carbons (Fsp3) is 0.179. The molecule has 1 atom stereocenters. The lowest BCUT2D eigenvalue weighted by atomic mass is 9.93. The summed E-state index contributed by atoms with van der Waals surface area (Å²) < 4.78 is 35.3. The van der Waals surface area contributed by atoms with Gasteiger partial charge in [0, 0.05) is 17.7 Å². The van der Waals surface area contributed by atoms with Crippen molar-refractivity contribution in [2.75, 3.05) is 5.75 Å². The summed E-state index contributed by atoms with van der Waals surface area (Å²) in [6.45, 7) is 1.58. The topological polar surface area (TPSA) is 92.7 Å². The number of carbonyl (C=O) groups is 1. The molecular weight excluding hydrogens is 462 g/mol. The van der Waals surface area contributed by atoms with Crippen molar-refractivity contribution >= 4 is 26.8 Å². The molecule has 0 saturated carbocycles. The Bertz CT molecular complexity index is 1360. The molecule has 0 amide bonds. The summed E-state index contributed by atoms with van der Waals surface area (Å²) in [5.74, 6) is -1.95. The zero-order chi connectivity index (χ0) is 24.9. The molecule has 0 aliphatic carbocycles. The number of carboxylic acids is 1. The van der Waals surface area contributed by atoms with Gasteiger partial charge in [0.2, 0.25) is 10.0 Å². The summed E-state index contributed by atoms with van der Waals surface area (Å²) in [5.41, 5.74) is -0.533. The van der Waals surface area contributed by atoms with Crippen LogP contribution >= 0.6 is 0 Å². The van der Waals surface area contributed by atoms with Crippen molar-refractivity contribution in [3.8, 4) is 5.75 Å². The minimum atomic E-state index is -4.12. The summed E-state index contributed by atoms with van der Waals surface area (Å²) in [4.78, 5) is 12.4. The van der Waals surface area contributed by atoms with Crippen molar-refractivity contribution in [2.24, 2.45) is 0 Å². The third-order valence-corrected chi connectivity index (χ3v) is 7.40. The van der Waals surface area contributed by atoms with Gasteiger partial charge in [-0.2, -0.15) is 4.72 Å². The van der Waals surface area contributed by atoms with Crippen molar-refractivity contribution in [1.29, 1.82) is 0 Å². The monoisotopic (exact) mass is 489 g/mol. The van der Waals surface area contributed by atoms with E-state index in [2.05, 4.69) is 4.72 Å². The molecule has 0 radical (unpaired) electrons. The molecule has 7 heteroatoms. The fourth-order valence-corrected chi connectivity index (χ4v) is 5.83. The van der Waals surface area contributed by atoms with Crippen LogP contribution in [0.2, 0.25) is 0 Å². The van der Waals surface area contributed by atoms with Gasteiger partial charge in [0.15, 0.2) is 0 Å². The Morgan fingerprint density at radius 3 is 1.97 bits per heavy atom. The second-order valence-corrected chi connectivity index (χ2v) is 10.1.